The highest BCUT2D eigenvalue weighted by Gasteiger charge is 2.19. The van der Waals surface area contributed by atoms with Gasteiger partial charge in [-0.3, -0.25) is 10.1 Å². The molecule has 0 unspecified atom stereocenters. The lowest BCUT2D eigenvalue weighted by Crippen LogP contribution is -2.16. The summed E-state index contributed by atoms with van der Waals surface area (Å²) in [7, 11) is 0. The highest BCUT2D eigenvalue weighted by Crippen LogP contribution is 2.16. The van der Waals surface area contributed by atoms with Crippen molar-refractivity contribution in [3.8, 4) is 0 Å². The van der Waals surface area contributed by atoms with Crippen molar-refractivity contribution in [1.82, 2.24) is 10.1 Å². The maximum atomic E-state index is 13.3. The minimum absolute atomic E-state index is 0.191. The Kier molecular flexibility index (Phi) is 3.00. The molecule has 1 N–H and O–H groups in total. The van der Waals surface area contributed by atoms with Crippen LogP contribution >= 0.6 is 0 Å². The minimum atomic E-state index is -1.72. The fourth-order valence-electron chi connectivity index (χ4n) is 1.22. The van der Waals surface area contributed by atoms with Crippen molar-refractivity contribution < 1.29 is 22.5 Å². The summed E-state index contributed by atoms with van der Waals surface area (Å²) in [6.45, 7) is 1.49. The number of carbonyl (C=O) groups excluding carboxylic acids is 1. The third-order valence-electron chi connectivity index (χ3n) is 2.03. The number of nitrogens with one attached hydrogen (secondary N) is 1. The van der Waals surface area contributed by atoms with Crippen LogP contribution < -0.4 is 5.32 Å². The highest BCUT2D eigenvalue weighted by atomic mass is 19.2. The maximum Gasteiger partial charge on any atom is 0.270 e. The Morgan fingerprint density at radius 3 is 2.61 bits per heavy atom. The third kappa shape index (κ3) is 2.17. The molecule has 0 radical (unpaired) electrons. The zero-order valence-electron chi connectivity index (χ0n) is 9.00. The second-order valence-corrected chi connectivity index (χ2v) is 3.31. The number of halogens is 3. The zero-order valence-corrected chi connectivity index (χ0v) is 9.00. The lowest BCUT2D eigenvalue weighted by molar-refractivity contribution is 0.102. The topological polar surface area (TPSA) is 68.0 Å². The molecule has 0 atom stereocenters. The van der Waals surface area contributed by atoms with Gasteiger partial charge in [-0.05, 0) is 17.3 Å². The number of hydrogen-bond acceptors (Lipinski definition) is 4. The molecule has 0 saturated heterocycles. The van der Waals surface area contributed by atoms with Gasteiger partial charge in [0.05, 0.1) is 5.56 Å². The molecule has 1 aromatic carbocycles. The number of rotatable bonds is 2. The van der Waals surface area contributed by atoms with E-state index in [4.69, 9.17) is 0 Å². The predicted molar refractivity (Wildman–Crippen MR) is 53.3 cm³/mol. The molecule has 0 bridgehead atoms. The molecule has 94 valence electrons. The van der Waals surface area contributed by atoms with Gasteiger partial charge in [0.25, 0.3) is 11.9 Å². The molecule has 5 nitrogen and oxygen atoms in total. The van der Waals surface area contributed by atoms with Crippen molar-refractivity contribution in [2.45, 2.75) is 6.92 Å². The first kappa shape index (κ1) is 12.1. The van der Waals surface area contributed by atoms with Crippen LogP contribution in [0.1, 0.15) is 16.2 Å². The average Bonchev–Trinajstić information content (AvgIpc) is 2.71. The molecule has 1 heterocycles. The van der Waals surface area contributed by atoms with E-state index in [-0.39, 0.29) is 11.8 Å². The second kappa shape index (κ2) is 4.47. The van der Waals surface area contributed by atoms with Gasteiger partial charge in [-0.25, -0.2) is 13.2 Å². The Hall–Kier alpha value is -2.38. The van der Waals surface area contributed by atoms with Gasteiger partial charge in [0.2, 0.25) is 5.89 Å². The number of nitrogens with zero attached hydrogens (tertiary/aromatic N) is 2. The second-order valence-electron chi connectivity index (χ2n) is 3.31. The number of aromatic nitrogens is 2. The first-order valence-electron chi connectivity index (χ1n) is 4.74. The van der Waals surface area contributed by atoms with Crippen LogP contribution in [0, 0.1) is 24.4 Å². The predicted octanol–water partition coefficient (Wildman–Crippen LogP) is 2.05. The molecule has 8 heteroatoms. The van der Waals surface area contributed by atoms with Crippen molar-refractivity contribution in [1.29, 1.82) is 0 Å². The Balaban J connectivity index is 2.27. The quantitative estimate of drug-likeness (QED) is 0.836. The van der Waals surface area contributed by atoms with E-state index < -0.39 is 28.9 Å². The molecular formula is C10H6F3N3O2. The molecule has 0 saturated carbocycles. The highest BCUT2D eigenvalue weighted by molar-refractivity contribution is 6.03. The number of benzene rings is 1. The van der Waals surface area contributed by atoms with Crippen LogP contribution in [0.3, 0.4) is 0 Å². The number of amides is 1. The largest absolute Gasteiger partial charge is 0.338 e. The first-order chi connectivity index (χ1) is 8.49. The van der Waals surface area contributed by atoms with E-state index in [9.17, 15) is 18.0 Å². The summed E-state index contributed by atoms with van der Waals surface area (Å²) >= 11 is 0. The molecular weight excluding hydrogens is 251 g/mol. The molecule has 2 aromatic rings. The first-order valence-corrected chi connectivity index (χ1v) is 4.74. The summed E-state index contributed by atoms with van der Waals surface area (Å²) < 4.78 is 43.4. The fraction of sp³-hybridized carbons (Fsp3) is 0.100. The van der Waals surface area contributed by atoms with Crippen molar-refractivity contribution >= 4 is 11.9 Å². The number of aryl methyl sites for hydroxylation is 1. The van der Waals surface area contributed by atoms with Crippen LogP contribution in [-0.4, -0.2) is 16.0 Å². The molecule has 1 aromatic heterocycles. The van der Waals surface area contributed by atoms with E-state index in [1.165, 1.54) is 6.92 Å². The Bertz CT molecular complexity index is 612. The summed E-state index contributed by atoms with van der Waals surface area (Å²) in [5.74, 6) is -5.68. The molecule has 0 fully saturated rings. The average molecular weight is 257 g/mol. The molecule has 0 aliphatic heterocycles. The third-order valence-corrected chi connectivity index (χ3v) is 2.03. The Labute approximate surface area is 98.6 Å². The Morgan fingerprint density at radius 1 is 1.28 bits per heavy atom. The molecule has 2 rings (SSSR count). The maximum absolute atomic E-state index is 13.3. The normalized spacial score (nSPS) is 10.4. The van der Waals surface area contributed by atoms with E-state index in [0.29, 0.717) is 6.07 Å². The molecule has 0 spiro atoms. The summed E-state index contributed by atoms with van der Waals surface area (Å²) in [5.41, 5.74) is -0.656. The number of carbonyl (C=O) groups is 1. The van der Waals surface area contributed by atoms with E-state index in [0.717, 1.165) is 6.07 Å². The fourth-order valence-corrected chi connectivity index (χ4v) is 1.22. The van der Waals surface area contributed by atoms with E-state index in [2.05, 4.69) is 20.0 Å². The SMILES string of the molecule is Cc1nc(NC(=O)c2ccc(F)c(F)c2F)no1. The van der Waals surface area contributed by atoms with Gasteiger partial charge < -0.3 is 4.52 Å². The number of anilines is 1. The Morgan fingerprint density at radius 2 is 2.00 bits per heavy atom. The van der Waals surface area contributed by atoms with Gasteiger partial charge in [0.1, 0.15) is 0 Å². The van der Waals surface area contributed by atoms with Crippen LogP contribution in [-0.2, 0) is 0 Å². The van der Waals surface area contributed by atoms with Crippen LogP contribution in [0.4, 0.5) is 19.1 Å². The van der Waals surface area contributed by atoms with Crippen molar-refractivity contribution in [2.24, 2.45) is 0 Å². The minimum Gasteiger partial charge on any atom is -0.338 e. The van der Waals surface area contributed by atoms with Crippen LogP contribution in [0.2, 0.25) is 0 Å². The van der Waals surface area contributed by atoms with E-state index >= 15 is 0 Å². The lowest BCUT2D eigenvalue weighted by Gasteiger charge is -2.03. The zero-order chi connectivity index (χ0) is 13.3. The molecule has 0 aliphatic rings. The van der Waals surface area contributed by atoms with Crippen LogP contribution in [0.15, 0.2) is 16.7 Å². The molecule has 0 aliphatic carbocycles. The van der Waals surface area contributed by atoms with E-state index in [1.807, 2.05) is 0 Å². The smallest absolute Gasteiger partial charge is 0.270 e. The van der Waals surface area contributed by atoms with Gasteiger partial charge >= 0.3 is 0 Å². The molecule has 18 heavy (non-hydrogen) atoms. The standard InChI is InChI=1S/C10H6F3N3O2/c1-4-14-10(16-18-4)15-9(17)5-2-3-6(11)8(13)7(5)12/h2-3H,1H3,(H,15,16,17). The summed E-state index contributed by atoms with van der Waals surface area (Å²) in [6, 6.07) is 1.46. The van der Waals surface area contributed by atoms with Crippen molar-refractivity contribution in [2.75, 3.05) is 5.32 Å². The summed E-state index contributed by atoms with van der Waals surface area (Å²) in [6.07, 6.45) is 0. The summed E-state index contributed by atoms with van der Waals surface area (Å²) in [5, 5.41) is 5.43. The number of hydrogen-bond donors (Lipinski definition) is 1. The van der Waals surface area contributed by atoms with Crippen molar-refractivity contribution in [3.63, 3.8) is 0 Å². The van der Waals surface area contributed by atoms with Gasteiger partial charge in [-0.1, -0.05) is 0 Å². The summed E-state index contributed by atoms with van der Waals surface area (Å²) in [4.78, 5) is 15.2. The van der Waals surface area contributed by atoms with Gasteiger partial charge in [-0.2, -0.15) is 4.98 Å². The molecule has 1 amide bonds. The van der Waals surface area contributed by atoms with Crippen LogP contribution in [0.5, 0.6) is 0 Å². The van der Waals surface area contributed by atoms with Crippen molar-refractivity contribution in [3.05, 3.63) is 41.0 Å². The lowest BCUT2D eigenvalue weighted by atomic mass is 10.2. The van der Waals surface area contributed by atoms with Crippen LogP contribution in [0.25, 0.3) is 0 Å². The van der Waals surface area contributed by atoms with Gasteiger partial charge in [0, 0.05) is 6.92 Å². The van der Waals surface area contributed by atoms with E-state index in [1.54, 1.807) is 0 Å². The monoisotopic (exact) mass is 257 g/mol. The van der Waals surface area contributed by atoms with Gasteiger partial charge in [0.15, 0.2) is 17.5 Å². The van der Waals surface area contributed by atoms with Gasteiger partial charge in [-0.15, -0.1) is 0 Å².